The predicted molar refractivity (Wildman–Crippen MR) is 292 cm³/mol. The van der Waals surface area contributed by atoms with Gasteiger partial charge in [-0.05, 0) is 99.6 Å². The van der Waals surface area contributed by atoms with E-state index in [1.807, 2.05) is 24.3 Å². The lowest BCUT2D eigenvalue weighted by molar-refractivity contribution is -0.286. The van der Waals surface area contributed by atoms with Crippen LogP contribution in [0.15, 0.2) is 99.5 Å². The maximum absolute atomic E-state index is 6.58. The molecule has 0 aliphatic carbocycles. The van der Waals surface area contributed by atoms with Crippen LogP contribution in [0.2, 0.25) is 0 Å². The fraction of sp³-hybridized carbons (Fsp3) is 0.500. The van der Waals surface area contributed by atoms with Crippen LogP contribution in [0.3, 0.4) is 0 Å². The predicted octanol–water partition coefficient (Wildman–Crippen LogP) is 15.2. The van der Waals surface area contributed by atoms with Crippen LogP contribution in [0.4, 0.5) is 0 Å². The Hall–Kier alpha value is -5.66. The average Bonchev–Trinajstić information content (AvgIpc) is 3.40. The normalized spacial score (nSPS) is 11.1. The highest BCUT2D eigenvalue weighted by atomic mass is 17.2. The molecule has 3 rings (SSSR count). The largest absolute Gasteiger partial charge is 0.502 e. The smallest absolute Gasteiger partial charge is 0.204 e. The van der Waals surface area contributed by atoms with Crippen molar-refractivity contribution < 1.29 is 57.4 Å². The Balaban J connectivity index is 1.89. The van der Waals surface area contributed by atoms with E-state index >= 15 is 0 Å². The third-order valence-electron chi connectivity index (χ3n) is 10.9. The maximum Gasteiger partial charge on any atom is 0.204 e. The maximum atomic E-state index is 6.58. The number of unbranched alkanes of at least 4 members (excludes halogenated alkanes) is 10. The molecule has 12 heteroatoms. The van der Waals surface area contributed by atoms with Crippen LogP contribution in [0, 0.1) is 0 Å². The van der Waals surface area contributed by atoms with Gasteiger partial charge in [0, 0.05) is 11.1 Å². The molecule has 0 radical (unpaired) electrons. The van der Waals surface area contributed by atoms with Crippen molar-refractivity contribution in [3.8, 4) is 34.5 Å². The van der Waals surface area contributed by atoms with Crippen molar-refractivity contribution in [1.29, 1.82) is 0 Å². The van der Waals surface area contributed by atoms with E-state index in [2.05, 4.69) is 88.7 Å². The SMILES string of the molecule is C=CCOOCCCCOc1ccc(C=Cc2ccc(C=Cc3ccc(OCCCCOC=C)c(OCCCCOC=C)c3OCCCCCC)cc2)c(OCCCCCC)c1OCCCCOOCC=C. The first-order valence-electron chi connectivity index (χ1n) is 26.3. The fourth-order valence-electron chi connectivity index (χ4n) is 6.97. The summed E-state index contributed by atoms with van der Waals surface area (Å²) in [7, 11) is 0. The molecule has 0 aromatic heterocycles. The number of hydrogen-bond acceptors (Lipinski definition) is 12. The van der Waals surface area contributed by atoms with E-state index in [4.69, 9.17) is 57.4 Å². The van der Waals surface area contributed by atoms with Crippen LogP contribution >= 0.6 is 0 Å². The second-order valence-corrected chi connectivity index (χ2v) is 16.9. The summed E-state index contributed by atoms with van der Waals surface area (Å²) in [5, 5.41) is 0. The lowest BCUT2D eigenvalue weighted by Gasteiger charge is -2.19. The Bertz CT molecular complexity index is 1940. The minimum Gasteiger partial charge on any atom is -0.502 e. The molecule has 72 heavy (non-hydrogen) atoms. The summed E-state index contributed by atoms with van der Waals surface area (Å²) in [6, 6.07) is 16.4. The van der Waals surface area contributed by atoms with Gasteiger partial charge in [-0.15, -0.1) is 13.2 Å². The van der Waals surface area contributed by atoms with Gasteiger partial charge in [-0.3, -0.25) is 0 Å². The molecule has 0 fully saturated rings. The summed E-state index contributed by atoms with van der Waals surface area (Å²) >= 11 is 0. The molecule has 0 atom stereocenters. The van der Waals surface area contributed by atoms with Crippen LogP contribution in [0.5, 0.6) is 34.5 Å². The molecule has 0 heterocycles. The van der Waals surface area contributed by atoms with Gasteiger partial charge >= 0.3 is 0 Å². The zero-order valence-electron chi connectivity index (χ0n) is 43.8. The van der Waals surface area contributed by atoms with Gasteiger partial charge in [-0.1, -0.05) is 126 Å². The van der Waals surface area contributed by atoms with Crippen molar-refractivity contribution in [2.24, 2.45) is 0 Å². The zero-order chi connectivity index (χ0) is 51.4. The van der Waals surface area contributed by atoms with Crippen LogP contribution in [-0.4, -0.2) is 79.3 Å². The molecule has 0 unspecified atom stereocenters. The molecule has 0 aliphatic heterocycles. The molecule has 0 N–H and O–H groups in total. The van der Waals surface area contributed by atoms with E-state index in [0.29, 0.717) is 114 Å². The minimum atomic E-state index is 0.342. The Morgan fingerprint density at radius 1 is 0.333 bits per heavy atom. The van der Waals surface area contributed by atoms with E-state index in [0.717, 1.165) is 125 Å². The molecular weight excluding hydrogens is 913 g/mol. The average molecular weight is 999 g/mol. The highest BCUT2D eigenvalue weighted by Gasteiger charge is 2.19. The van der Waals surface area contributed by atoms with Crippen molar-refractivity contribution in [2.45, 2.75) is 117 Å². The summed E-state index contributed by atoms with van der Waals surface area (Å²) in [5.41, 5.74) is 3.87. The summed E-state index contributed by atoms with van der Waals surface area (Å²) in [4.78, 5) is 20.6. The van der Waals surface area contributed by atoms with Crippen LogP contribution in [0.25, 0.3) is 24.3 Å². The summed E-state index contributed by atoms with van der Waals surface area (Å²) in [6.45, 7) is 24.9. The number of benzene rings is 3. The first-order valence-corrected chi connectivity index (χ1v) is 26.3. The molecule has 0 saturated carbocycles. The molecule has 3 aromatic rings. The van der Waals surface area contributed by atoms with Gasteiger partial charge in [0.25, 0.3) is 0 Å². The third-order valence-corrected chi connectivity index (χ3v) is 10.9. The van der Waals surface area contributed by atoms with Crippen molar-refractivity contribution in [3.05, 3.63) is 122 Å². The van der Waals surface area contributed by atoms with Crippen LogP contribution in [0.1, 0.15) is 139 Å². The van der Waals surface area contributed by atoms with Crippen molar-refractivity contribution in [3.63, 3.8) is 0 Å². The number of hydrogen-bond donors (Lipinski definition) is 0. The van der Waals surface area contributed by atoms with E-state index in [1.54, 1.807) is 12.2 Å². The van der Waals surface area contributed by atoms with E-state index < -0.39 is 0 Å². The molecular formula is C60H86O12. The van der Waals surface area contributed by atoms with Gasteiger partial charge in [0.05, 0.1) is 78.6 Å². The van der Waals surface area contributed by atoms with Gasteiger partial charge in [-0.25, -0.2) is 19.6 Å². The first kappa shape index (κ1) is 60.6. The quantitative estimate of drug-likeness (QED) is 0.0134. The van der Waals surface area contributed by atoms with Crippen molar-refractivity contribution in [2.75, 3.05) is 79.3 Å². The number of rotatable bonds is 48. The van der Waals surface area contributed by atoms with Crippen molar-refractivity contribution in [1.82, 2.24) is 0 Å². The Kier molecular flexibility index (Phi) is 35.3. The minimum absolute atomic E-state index is 0.342. The van der Waals surface area contributed by atoms with Gasteiger partial charge in [0.15, 0.2) is 23.0 Å². The number of ether oxygens (including phenoxy) is 8. The summed E-state index contributed by atoms with van der Waals surface area (Å²) in [5.74, 6) is 3.85. The molecule has 398 valence electrons. The third kappa shape index (κ3) is 26.7. The van der Waals surface area contributed by atoms with E-state index in [-0.39, 0.29) is 0 Å². The molecule has 0 saturated heterocycles. The molecule has 3 aromatic carbocycles. The Labute approximate surface area is 432 Å². The first-order chi connectivity index (χ1) is 35.6. The van der Waals surface area contributed by atoms with Gasteiger partial charge in [-0.2, -0.15) is 0 Å². The van der Waals surface area contributed by atoms with Gasteiger partial charge in [0.1, 0.15) is 13.2 Å². The second kappa shape index (κ2) is 41.9. The second-order valence-electron chi connectivity index (χ2n) is 16.9. The lowest BCUT2D eigenvalue weighted by Crippen LogP contribution is -2.08. The summed E-state index contributed by atoms with van der Waals surface area (Å²) < 4.78 is 49.4. The zero-order valence-corrected chi connectivity index (χ0v) is 43.8. The fourth-order valence-corrected chi connectivity index (χ4v) is 6.97. The highest BCUT2D eigenvalue weighted by molar-refractivity contribution is 5.78. The molecule has 0 amide bonds. The van der Waals surface area contributed by atoms with Gasteiger partial charge in [0.2, 0.25) is 11.5 Å². The molecule has 12 nitrogen and oxygen atoms in total. The standard InChI is InChI=1S/C60H86O12/c1-7-13-15-17-45-65-57-53(35-37-55(63-43-21-19-41-61-11-5)59(57)67-47-22-20-42-62-12-6)33-31-51-27-29-52(30-28-51)32-34-54-36-38-56(64-44-23-25-49-71-69-39-9-3)60(58(54)66-46-18-16-14-8-2)68-48-24-26-50-72-70-40-10-4/h9-12,27-38H,3-8,13-26,39-50H2,1-2H3. The Morgan fingerprint density at radius 2 is 0.681 bits per heavy atom. The van der Waals surface area contributed by atoms with E-state index in [9.17, 15) is 0 Å². The van der Waals surface area contributed by atoms with Crippen LogP contribution in [-0.2, 0) is 29.0 Å². The van der Waals surface area contributed by atoms with E-state index in [1.165, 1.54) is 12.5 Å². The lowest BCUT2D eigenvalue weighted by atomic mass is 10.1. The Morgan fingerprint density at radius 3 is 1.06 bits per heavy atom. The molecule has 0 bridgehead atoms. The van der Waals surface area contributed by atoms with Crippen LogP contribution < -0.4 is 28.4 Å². The molecule has 0 aliphatic rings. The summed E-state index contributed by atoms with van der Waals surface area (Å²) in [6.07, 6.45) is 29.6. The van der Waals surface area contributed by atoms with Crippen molar-refractivity contribution >= 4 is 24.3 Å². The highest BCUT2D eigenvalue weighted by Crippen LogP contribution is 2.43. The molecule has 0 spiro atoms. The topological polar surface area (TPSA) is 111 Å². The monoisotopic (exact) mass is 999 g/mol. The van der Waals surface area contributed by atoms with Gasteiger partial charge < -0.3 is 37.9 Å².